The van der Waals surface area contributed by atoms with Gasteiger partial charge in [0, 0.05) is 22.2 Å². The van der Waals surface area contributed by atoms with E-state index in [1.807, 2.05) is 0 Å². The van der Waals surface area contributed by atoms with Crippen molar-refractivity contribution < 1.29 is 0 Å². The Morgan fingerprint density at radius 2 is 0.857 bits per heavy atom. The van der Waals surface area contributed by atoms with Gasteiger partial charge in [0.2, 0.25) is 0 Å². The normalized spacial score (nSPS) is 32.9. The van der Waals surface area contributed by atoms with Crippen LogP contribution in [0.2, 0.25) is 0 Å². The maximum atomic E-state index is 2.63. The lowest BCUT2D eigenvalue weighted by molar-refractivity contribution is 0.0198. The largest absolute Gasteiger partial charge is 0.286 e. The summed E-state index contributed by atoms with van der Waals surface area (Å²) in [5.41, 5.74) is 0.725. The van der Waals surface area contributed by atoms with Crippen molar-refractivity contribution in [1.82, 2.24) is 19.6 Å². The monoisotopic (exact) mass is 296 g/mol. The first-order valence-electron chi connectivity index (χ1n) is 8.19. The molecule has 2 aliphatic rings. The Morgan fingerprint density at radius 3 is 1.05 bits per heavy atom. The molecule has 0 spiro atoms. The van der Waals surface area contributed by atoms with Crippen LogP contribution in [0, 0.1) is 0 Å². The third-order valence-corrected chi connectivity index (χ3v) is 7.59. The third kappa shape index (κ3) is 2.18. The summed E-state index contributed by atoms with van der Waals surface area (Å²) in [5.74, 6) is 0. The minimum Gasteiger partial charge on any atom is -0.286 e. The quantitative estimate of drug-likeness (QED) is 0.776. The first-order chi connectivity index (χ1) is 9.26. The predicted molar refractivity (Wildman–Crippen MR) is 90.1 cm³/mol. The molecule has 2 fully saturated rings. The fourth-order valence-electron chi connectivity index (χ4n) is 3.58. The first kappa shape index (κ1) is 17.2. The molecule has 0 atom stereocenters. The van der Waals surface area contributed by atoms with Crippen LogP contribution >= 0.6 is 0 Å². The Bertz CT molecular complexity index is 373. The summed E-state index contributed by atoms with van der Waals surface area (Å²) in [6.45, 7) is 22.1. The summed E-state index contributed by atoms with van der Waals surface area (Å²) < 4.78 is 0. The summed E-state index contributed by atoms with van der Waals surface area (Å²) in [4.78, 5) is 10.2. The number of hydrogen-bond acceptors (Lipinski definition) is 4. The lowest BCUT2D eigenvalue weighted by Gasteiger charge is -2.46. The van der Waals surface area contributed by atoms with E-state index in [9.17, 15) is 0 Å². The lowest BCUT2D eigenvalue weighted by atomic mass is 9.82. The molecule has 0 aliphatic carbocycles. The minimum absolute atomic E-state index is 0.170. The SMILES string of the molecule is CN1CN(CN2CN(C)C(C)(C)C2(C)C)C(C)(C)C1(C)C. The maximum Gasteiger partial charge on any atom is 0.0542 e. The Balaban J connectivity index is 2.21. The van der Waals surface area contributed by atoms with E-state index in [0.717, 1.165) is 20.0 Å². The highest BCUT2D eigenvalue weighted by molar-refractivity contribution is 5.10. The van der Waals surface area contributed by atoms with Crippen LogP contribution in [0.15, 0.2) is 0 Å². The van der Waals surface area contributed by atoms with E-state index in [2.05, 4.69) is 89.1 Å². The van der Waals surface area contributed by atoms with Crippen molar-refractivity contribution in [3.05, 3.63) is 0 Å². The van der Waals surface area contributed by atoms with E-state index in [1.165, 1.54) is 0 Å². The van der Waals surface area contributed by atoms with Gasteiger partial charge in [-0.1, -0.05) is 0 Å². The molecule has 0 bridgehead atoms. The Morgan fingerprint density at radius 1 is 0.571 bits per heavy atom. The summed E-state index contributed by atoms with van der Waals surface area (Å²) in [6, 6.07) is 0. The van der Waals surface area contributed by atoms with E-state index in [-0.39, 0.29) is 22.2 Å². The second-order valence-electron chi connectivity index (χ2n) is 9.14. The van der Waals surface area contributed by atoms with E-state index < -0.39 is 0 Å². The standard InChI is InChI=1S/C17H36N4/c1-14(2)16(5,6)20(11-18(14)9)13-21-12-19(10)15(3,4)17(21,7)8/h11-13H2,1-10H3. The van der Waals surface area contributed by atoms with Gasteiger partial charge in [-0.15, -0.1) is 0 Å². The van der Waals surface area contributed by atoms with Crippen molar-refractivity contribution >= 4 is 0 Å². The zero-order chi connectivity index (χ0) is 16.4. The molecule has 0 N–H and O–H groups in total. The van der Waals surface area contributed by atoms with Crippen LogP contribution in [-0.2, 0) is 0 Å². The van der Waals surface area contributed by atoms with Gasteiger partial charge in [0.15, 0.2) is 0 Å². The molecule has 0 aromatic carbocycles. The van der Waals surface area contributed by atoms with Crippen LogP contribution in [0.3, 0.4) is 0 Å². The molecule has 0 radical (unpaired) electrons. The molecule has 0 saturated carbocycles. The lowest BCUT2D eigenvalue weighted by Crippen LogP contribution is -2.59. The van der Waals surface area contributed by atoms with Crippen LogP contribution < -0.4 is 0 Å². The molecule has 124 valence electrons. The summed E-state index contributed by atoms with van der Waals surface area (Å²) >= 11 is 0. The molecule has 4 heteroatoms. The van der Waals surface area contributed by atoms with E-state index >= 15 is 0 Å². The molecule has 2 saturated heterocycles. The zero-order valence-electron chi connectivity index (χ0n) is 15.9. The van der Waals surface area contributed by atoms with Crippen molar-refractivity contribution in [3.8, 4) is 0 Å². The Labute approximate surface area is 132 Å². The molecule has 2 heterocycles. The fraction of sp³-hybridized carbons (Fsp3) is 1.00. The van der Waals surface area contributed by atoms with Crippen LogP contribution in [-0.4, -0.2) is 75.9 Å². The van der Waals surface area contributed by atoms with Crippen LogP contribution in [0.25, 0.3) is 0 Å². The molecule has 0 amide bonds. The van der Waals surface area contributed by atoms with Gasteiger partial charge in [0.1, 0.15) is 0 Å². The number of hydrogen-bond donors (Lipinski definition) is 0. The second kappa shape index (κ2) is 4.67. The van der Waals surface area contributed by atoms with E-state index in [0.29, 0.717) is 0 Å². The van der Waals surface area contributed by atoms with Gasteiger partial charge >= 0.3 is 0 Å². The summed E-state index contributed by atoms with van der Waals surface area (Å²) in [6.07, 6.45) is 0. The molecule has 21 heavy (non-hydrogen) atoms. The van der Waals surface area contributed by atoms with Crippen molar-refractivity contribution in [1.29, 1.82) is 0 Å². The molecular formula is C17H36N4. The first-order valence-corrected chi connectivity index (χ1v) is 8.19. The van der Waals surface area contributed by atoms with Gasteiger partial charge in [-0.3, -0.25) is 19.6 Å². The number of nitrogens with zero attached hydrogens (tertiary/aromatic N) is 4. The van der Waals surface area contributed by atoms with Crippen LogP contribution in [0.1, 0.15) is 55.4 Å². The van der Waals surface area contributed by atoms with Gasteiger partial charge in [0.05, 0.1) is 20.0 Å². The average molecular weight is 297 g/mol. The maximum absolute atomic E-state index is 2.63. The number of rotatable bonds is 2. The highest BCUT2D eigenvalue weighted by Crippen LogP contribution is 2.42. The van der Waals surface area contributed by atoms with E-state index in [1.54, 1.807) is 0 Å². The Kier molecular flexibility index (Phi) is 3.82. The second-order valence-corrected chi connectivity index (χ2v) is 9.14. The Hall–Kier alpha value is -0.160. The molecule has 0 aromatic rings. The zero-order valence-corrected chi connectivity index (χ0v) is 15.9. The highest BCUT2D eigenvalue weighted by atomic mass is 15.5. The van der Waals surface area contributed by atoms with Gasteiger partial charge in [0.25, 0.3) is 0 Å². The molecule has 2 rings (SSSR count). The van der Waals surface area contributed by atoms with Crippen molar-refractivity contribution in [2.75, 3.05) is 34.1 Å². The smallest absolute Gasteiger partial charge is 0.0542 e. The van der Waals surface area contributed by atoms with Gasteiger partial charge in [-0.25, -0.2) is 0 Å². The topological polar surface area (TPSA) is 13.0 Å². The predicted octanol–water partition coefficient (Wildman–Crippen LogP) is 2.47. The van der Waals surface area contributed by atoms with Gasteiger partial charge in [-0.05, 0) is 69.5 Å². The minimum atomic E-state index is 0.170. The fourth-order valence-corrected chi connectivity index (χ4v) is 3.58. The van der Waals surface area contributed by atoms with Gasteiger partial charge < -0.3 is 0 Å². The van der Waals surface area contributed by atoms with Crippen LogP contribution in [0.4, 0.5) is 0 Å². The number of likely N-dealkylation sites (N-methyl/N-ethyl adjacent to an activating group) is 2. The highest BCUT2D eigenvalue weighted by Gasteiger charge is 2.55. The molecule has 4 nitrogen and oxygen atoms in total. The van der Waals surface area contributed by atoms with Crippen LogP contribution in [0.5, 0.6) is 0 Å². The third-order valence-electron chi connectivity index (χ3n) is 7.59. The van der Waals surface area contributed by atoms with E-state index in [4.69, 9.17) is 0 Å². The molecule has 2 aliphatic heterocycles. The van der Waals surface area contributed by atoms with Gasteiger partial charge in [-0.2, -0.15) is 0 Å². The average Bonchev–Trinajstić information content (AvgIpc) is 2.57. The summed E-state index contributed by atoms with van der Waals surface area (Å²) in [7, 11) is 4.49. The van der Waals surface area contributed by atoms with Crippen molar-refractivity contribution in [2.45, 2.75) is 77.5 Å². The molecule has 0 aromatic heterocycles. The van der Waals surface area contributed by atoms with Crippen molar-refractivity contribution in [2.24, 2.45) is 0 Å². The molecular weight excluding hydrogens is 260 g/mol. The summed E-state index contributed by atoms with van der Waals surface area (Å²) in [5, 5.41) is 0. The molecule has 0 unspecified atom stereocenters. The van der Waals surface area contributed by atoms with Crippen molar-refractivity contribution in [3.63, 3.8) is 0 Å².